The van der Waals surface area contributed by atoms with E-state index in [4.69, 9.17) is 0 Å². The largest absolute Gasteiger partial charge is 0.355 e. The molecule has 3 N–H and O–H groups in total. The monoisotopic (exact) mass is 373 g/mol. The molecule has 10 heteroatoms. The van der Waals surface area contributed by atoms with Gasteiger partial charge in [-0.25, -0.2) is 13.1 Å². The number of nitrogens with zero attached hydrogens (tertiary/aromatic N) is 4. The predicted octanol–water partition coefficient (Wildman–Crippen LogP) is -0.0290. The van der Waals surface area contributed by atoms with Crippen LogP contribution < -0.4 is 15.4 Å². The number of aliphatic imine (C=N–C) groups is 1. The number of guanidine groups is 1. The van der Waals surface area contributed by atoms with Gasteiger partial charge in [0.2, 0.25) is 10.0 Å². The van der Waals surface area contributed by atoms with E-state index >= 15 is 0 Å². The minimum Gasteiger partial charge on any atom is -0.355 e. The molecule has 0 aliphatic carbocycles. The van der Waals surface area contributed by atoms with Crippen molar-refractivity contribution < 1.29 is 8.42 Å². The minimum absolute atomic E-state index is 0.315. The van der Waals surface area contributed by atoms with Gasteiger partial charge in [-0.2, -0.15) is 0 Å². The number of sulfonamides is 1. The maximum Gasteiger partial charge on any atom is 0.208 e. The molecule has 0 aliphatic heterocycles. The van der Waals surface area contributed by atoms with Crippen LogP contribution in [-0.4, -0.2) is 61.6 Å². The van der Waals surface area contributed by atoms with Gasteiger partial charge in [0.15, 0.2) is 5.96 Å². The van der Waals surface area contributed by atoms with Gasteiger partial charge >= 0.3 is 0 Å². The number of hydrogen-bond donors (Lipinski definition) is 3. The number of nitrogens with one attached hydrogen (secondary N) is 3. The van der Waals surface area contributed by atoms with Crippen LogP contribution in [0.4, 0.5) is 0 Å². The van der Waals surface area contributed by atoms with Crippen LogP contribution in [0.5, 0.6) is 0 Å². The molecule has 0 aromatic carbocycles. The highest BCUT2D eigenvalue weighted by Crippen LogP contribution is 1.98. The molecule has 0 spiro atoms. The second-order valence-corrected chi connectivity index (χ2v) is 8.06. The third-order valence-corrected chi connectivity index (χ3v) is 4.14. The Hall–Kier alpha value is -1.68. The molecule has 0 saturated carbocycles. The van der Waals surface area contributed by atoms with Crippen LogP contribution in [0.25, 0.3) is 0 Å². The molecule has 0 bridgehead atoms. The average Bonchev–Trinajstić information content (AvgIpc) is 2.97. The molecule has 0 atom stereocenters. The number of rotatable bonds is 11. The molecule has 1 aromatic heterocycles. The lowest BCUT2D eigenvalue weighted by Gasteiger charge is -2.14. The minimum atomic E-state index is -3.17. The van der Waals surface area contributed by atoms with E-state index in [0.717, 1.165) is 38.0 Å². The summed E-state index contributed by atoms with van der Waals surface area (Å²) in [5.74, 6) is 2.22. The van der Waals surface area contributed by atoms with Gasteiger partial charge in [-0.15, -0.1) is 10.2 Å². The third kappa shape index (κ3) is 10.0. The first kappa shape index (κ1) is 21.4. The molecule has 1 heterocycles. The van der Waals surface area contributed by atoms with E-state index < -0.39 is 10.0 Å². The molecule has 0 fully saturated rings. The maximum absolute atomic E-state index is 11.1. The SMILES string of the molecule is CCc1nncn1CCNC(=NCCC(C)C)NCCNS(C)(=O)=O. The number of aryl methyl sites for hydroxylation is 1. The Bertz CT molecular complexity index is 626. The Morgan fingerprint density at radius 2 is 2.00 bits per heavy atom. The standard InChI is InChI=1S/C15H31N7O2S/c1-5-14-21-19-12-22(14)11-10-18-15(16-7-6-13(2)3)17-8-9-20-25(4,23)24/h12-13,20H,5-11H2,1-4H3,(H2,16,17,18). The van der Waals surface area contributed by atoms with Crippen molar-refractivity contribution in [3.05, 3.63) is 12.2 Å². The molecule has 1 aromatic rings. The second kappa shape index (κ2) is 11.0. The summed E-state index contributed by atoms with van der Waals surface area (Å²) in [4.78, 5) is 4.54. The van der Waals surface area contributed by atoms with Crippen LogP contribution in [0.15, 0.2) is 11.3 Å². The third-order valence-electron chi connectivity index (χ3n) is 3.42. The summed E-state index contributed by atoms with van der Waals surface area (Å²) in [5.41, 5.74) is 0. The van der Waals surface area contributed by atoms with Crippen LogP contribution in [0.1, 0.15) is 33.0 Å². The highest BCUT2D eigenvalue weighted by Gasteiger charge is 2.04. The van der Waals surface area contributed by atoms with Crippen LogP contribution >= 0.6 is 0 Å². The zero-order chi connectivity index (χ0) is 18.7. The van der Waals surface area contributed by atoms with Crippen molar-refractivity contribution >= 4 is 16.0 Å². The number of hydrogen-bond acceptors (Lipinski definition) is 5. The van der Waals surface area contributed by atoms with Crippen LogP contribution in [-0.2, 0) is 23.0 Å². The molecule has 1 rings (SSSR count). The summed E-state index contributed by atoms with van der Waals surface area (Å²) in [6.45, 7) is 9.28. The van der Waals surface area contributed by atoms with Gasteiger partial charge in [0.05, 0.1) is 6.26 Å². The topological polar surface area (TPSA) is 113 Å². The average molecular weight is 374 g/mol. The van der Waals surface area contributed by atoms with E-state index in [0.29, 0.717) is 31.5 Å². The molecule has 0 aliphatic rings. The summed E-state index contributed by atoms with van der Waals surface area (Å²) in [5, 5.41) is 14.4. The highest BCUT2D eigenvalue weighted by atomic mass is 32.2. The smallest absolute Gasteiger partial charge is 0.208 e. The fourth-order valence-electron chi connectivity index (χ4n) is 2.06. The van der Waals surface area contributed by atoms with Crippen molar-refractivity contribution in [2.45, 2.75) is 40.2 Å². The van der Waals surface area contributed by atoms with E-state index in [2.05, 4.69) is 44.4 Å². The molecule has 25 heavy (non-hydrogen) atoms. The maximum atomic E-state index is 11.1. The Morgan fingerprint density at radius 1 is 1.28 bits per heavy atom. The lowest BCUT2D eigenvalue weighted by molar-refractivity contribution is 0.583. The van der Waals surface area contributed by atoms with E-state index in [9.17, 15) is 8.42 Å². The van der Waals surface area contributed by atoms with Gasteiger partial charge in [0.25, 0.3) is 0 Å². The van der Waals surface area contributed by atoms with Crippen molar-refractivity contribution in [2.75, 3.05) is 32.4 Å². The van der Waals surface area contributed by atoms with Crippen molar-refractivity contribution in [1.82, 2.24) is 30.1 Å². The summed E-state index contributed by atoms with van der Waals surface area (Å²) in [7, 11) is -3.17. The quantitative estimate of drug-likeness (QED) is 0.285. The van der Waals surface area contributed by atoms with E-state index in [1.54, 1.807) is 6.33 Å². The van der Waals surface area contributed by atoms with Crippen LogP contribution in [0, 0.1) is 5.92 Å². The van der Waals surface area contributed by atoms with Crippen LogP contribution in [0.3, 0.4) is 0 Å². The Balaban J connectivity index is 2.46. The number of aromatic nitrogens is 3. The summed E-state index contributed by atoms with van der Waals surface area (Å²) < 4.78 is 26.6. The van der Waals surface area contributed by atoms with Gasteiger partial charge in [-0.05, 0) is 12.3 Å². The van der Waals surface area contributed by atoms with E-state index in [1.807, 2.05) is 11.5 Å². The molecular formula is C15H31N7O2S. The Morgan fingerprint density at radius 3 is 2.64 bits per heavy atom. The second-order valence-electron chi connectivity index (χ2n) is 6.23. The summed E-state index contributed by atoms with van der Waals surface area (Å²) in [6, 6.07) is 0. The zero-order valence-electron chi connectivity index (χ0n) is 15.6. The highest BCUT2D eigenvalue weighted by molar-refractivity contribution is 7.88. The fourth-order valence-corrected chi connectivity index (χ4v) is 2.53. The fraction of sp³-hybridized carbons (Fsp3) is 0.800. The van der Waals surface area contributed by atoms with E-state index in [1.165, 1.54) is 0 Å². The molecule has 0 saturated heterocycles. The van der Waals surface area contributed by atoms with Gasteiger partial charge in [0, 0.05) is 39.1 Å². The van der Waals surface area contributed by atoms with Gasteiger partial charge in [-0.1, -0.05) is 20.8 Å². The normalized spacial score (nSPS) is 12.6. The van der Waals surface area contributed by atoms with Crippen LogP contribution in [0.2, 0.25) is 0 Å². The van der Waals surface area contributed by atoms with Crippen molar-refractivity contribution in [2.24, 2.45) is 10.9 Å². The first-order valence-electron chi connectivity index (χ1n) is 8.65. The Kier molecular flexibility index (Phi) is 9.43. The zero-order valence-corrected chi connectivity index (χ0v) is 16.4. The lowest BCUT2D eigenvalue weighted by Crippen LogP contribution is -2.42. The lowest BCUT2D eigenvalue weighted by atomic mass is 10.1. The molecule has 144 valence electrons. The molecular weight excluding hydrogens is 342 g/mol. The molecule has 0 radical (unpaired) electrons. The molecule has 0 unspecified atom stereocenters. The predicted molar refractivity (Wildman–Crippen MR) is 100 cm³/mol. The van der Waals surface area contributed by atoms with Crippen molar-refractivity contribution in [1.29, 1.82) is 0 Å². The first-order valence-corrected chi connectivity index (χ1v) is 10.5. The van der Waals surface area contributed by atoms with Crippen molar-refractivity contribution in [3.8, 4) is 0 Å². The Labute approximate surface area is 150 Å². The first-order chi connectivity index (χ1) is 11.8. The van der Waals surface area contributed by atoms with Crippen molar-refractivity contribution in [3.63, 3.8) is 0 Å². The van der Waals surface area contributed by atoms with Gasteiger partial charge in [0.1, 0.15) is 12.2 Å². The summed E-state index contributed by atoms with van der Waals surface area (Å²) in [6.07, 6.45) is 4.71. The van der Waals surface area contributed by atoms with E-state index in [-0.39, 0.29) is 0 Å². The van der Waals surface area contributed by atoms with Gasteiger partial charge < -0.3 is 15.2 Å². The van der Waals surface area contributed by atoms with Gasteiger partial charge in [-0.3, -0.25) is 4.99 Å². The molecule has 9 nitrogen and oxygen atoms in total. The summed E-state index contributed by atoms with van der Waals surface area (Å²) >= 11 is 0. The molecule has 0 amide bonds.